The summed E-state index contributed by atoms with van der Waals surface area (Å²) in [5.41, 5.74) is 10.4. The predicted molar refractivity (Wildman–Crippen MR) is 145 cm³/mol. The molecule has 0 saturated carbocycles. The highest BCUT2D eigenvalue weighted by molar-refractivity contribution is 7.47. The van der Waals surface area contributed by atoms with Crippen LogP contribution < -0.4 is 11.5 Å². The maximum absolute atomic E-state index is 11.7. The minimum Gasteiger partial charge on any atom is -0.480 e. The molecule has 0 unspecified atom stereocenters. The molecule has 0 aromatic rings. The van der Waals surface area contributed by atoms with Crippen molar-refractivity contribution in [2.75, 3.05) is 19.8 Å². The number of aliphatic carboxylic acids is 1. The van der Waals surface area contributed by atoms with Crippen molar-refractivity contribution in [3.05, 3.63) is 0 Å². The third kappa shape index (κ3) is 31.5. The molecule has 0 aromatic carbocycles. The van der Waals surface area contributed by atoms with Gasteiger partial charge in [0.05, 0.1) is 13.2 Å². The summed E-state index contributed by atoms with van der Waals surface area (Å²) >= 11 is 0. The maximum Gasteiger partial charge on any atom is 0.472 e. The van der Waals surface area contributed by atoms with Gasteiger partial charge in [-0.1, -0.05) is 110 Å². The van der Waals surface area contributed by atoms with Crippen molar-refractivity contribution < 1.29 is 28.4 Å². The van der Waals surface area contributed by atoms with E-state index in [1.165, 1.54) is 77.0 Å². The number of carboxylic acids is 1. The van der Waals surface area contributed by atoms with Crippen LogP contribution in [0.5, 0.6) is 0 Å². The molecule has 0 aliphatic rings. The van der Waals surface area contributed by atoms with Gasteiger partial charge in [0.15, 0.2) is 0 Å². The molecule has 0 spiro atoms. The van der Waals surface area contributed by atoms with Crippen LogP contribution in [0.4, 0.5) is 0 Å². The minimum absolute atomic E-state index is 0.320. The Morgan fingerprint density at radius 2 is 1.09 bits per heavy atom. The summed E-state index contributed by atoms with van der Waals surface area (Å²) in [5, 5.41) is 8.33. The number of rotatable bonds is 25. The van der Waals surface area contributed by atoms with Gasteiger partial charge in [0, 0.05) is 0 Å². The summed E-state index contributed by atoms with van der Waals surface area (Å²) in [5.74, 6) is -0.933. The molecule has 35 heavy (non-hydrogen) atoms. The highest BCUT2D eigenvalue weighted by Gasteiger charge is 2.19. The number of carbonyl (C=O) groups is 1. The standard InChI is InChI=1S/C20H43O4P.C6H14N2O2/c1-3-5-7-9-11-13-15-17-19-23-25(21,22)24-20-18-16-14-12-10-8-6-4-2;7-4-2-1-3-5(8)6(9)10/h3-20H2,1-2H3,(H,21,22);5H,1-4,7-8H2,(H,9,10)/t;5-/m.0/s1. The van der Waals surface area contributed by atoms with Gasteiger partial charge in [-0.15, -0.1) is 0 Å². The quantitative estimate of drug-likeness (QED) is 0.0743. The van der Waals surface area contributed by atoms with Gasteiger partial charge in [0.1, 0.15) is 6.04 Å². The summed E-state index contributed by atoms with van der Waals surface area (Å²) in [7, 11) is -3.83. The SMILES string of the molecule is CCCCCCCCCCOP(=O)(O)OCCCCCCCCCC.NCCCC[C@H](N)C(=O)O. The van der Waals surface area contributed by atoms with Gasteiger partial charge in [0.2, 0.25) is 0 Å². The van der Waals surface area contributed by atoms with Crippen LogP contribution in [0.1, 0.15) is 136 Å². The van der Waals surface area contributed by atoms with E-state index in [2.05, 4.69) is 13.8 Å². The topological polar surface area (TPSA) is 145 Å². The second-order valence-corrected chi connectivity index (χ2v) is 10.8. The average Bonchev–Trinajstić information content (AvgIpc) is 2.82. The van der Waals surface area contributed by atoms with Crippen molar-refractivity contribution in [1.82, 2.24) is 0 Å². The van der Waals surface area contributed by atoms with Crippen molar-refractivity contribution in [2.45, 2.75) is 142 Å². The molecule has 6 N–H and O–H groups in total. The number of nitrogens with two attached hydrogens (primary N) is 2. The van der Waals surface area contributed by atoms with Crippen LogP contribution in [-0.2, 0) is 18.4 Å². The monoisotopic (exact) mass is 524 g/mol. The number of carboxylic acid groups (broad SMARTS) is 1. The number of phosphoric acid groups is 1. The fourth-order valence-corrected chi connectivity index (χ4v) is 4.30. The van der Waals surface area contributed by atoms with E-state index in [0.717, 1.165) is 38.5 Å². The lowest BCUT2D eigenvalue weighted by molar-refractivity contribution is -0.138. The van der Waals surface area contributed by atoms with Gasteiger partial charge in [-0.2, -0.15) is 0 Å². The molecule has 1 atom stereocenters. The summed E-state index contributed by atoms with van der Waals surface area (Å²) in [6.07, 6.45) is 21.3. The molecule has 0 aliphatic heterocycles. The van der Waals surface area contributed by atoms with Gasteiger partial charge in [0.25, 0.3) is 0 Å². The molecule has 0 fully saturated rings. The Morgan fingerprint density at radius 3 is 1.43 bits per heavy atom. The van der Waals surface area contributed by atoms with E-state index in [4.69, 9.17) is 25.6 Å². The molecule has 9 heteroatoms. The zero-order valence-electron chi connectivity index (χ0n) is 22.8. The Balaban J connectivity index is 0. The van der Waals surface area contributed by atoms with Gasteiger partial charge >= 0.3 is 13.8 Å². The van der Waals surface area contributed by atoms with Crippen LogP contribution in [0.3, 0.4) is 0 Å². The van der Waals surface area contributed by atoms with E-state index in [-0.39, 0.29) is 0 Å². The molecule has 212 valence electrons. The van der Waals surface area contributed by atoms with Crippen LogP contribution in [0, 0.1) is 0 Å². The van der Waals surface area contributed by atoms with Crippen LogP contribution in [0.15, 0.2) is 0 Å². The van der Waals surface area contributed by atoms with Gasteiger partial charge < -0.3 is 21.5 Å². The fourth-order valence-electron chi connectivity index (χ4n) is 3.50. The molecule has 0 saturated heterocycles. The summed E-state index contributed by atoms with van der Waals surface area (Å²) in [6, 6.07) is -0.716. The Labute approximate surface area is 215 Å². The Hall–Kier alpha value is -0.500. The second kappa shape index (κ2) is 28.1. The molecule has 0 heterocycles. The molecule has 0 aliphatic carbocycles. The first-order chi connectivity index (χ1) is 16.8. The molecular weight excluding hydrogens is 467 g/mol. The Morgan fingerprint density at radius 1 is 0.714 bits per heavy atom. The van der Waals surface area contributed by atoms with Crippen LogP contribution in [0.25, 0.3) is 0 Å². The third-order valence-electron chi connectivity index (χ3n) is 5.79. The van der Waals surface area contributed by atoms with E-state index in [0.29, 0.717) is 26.2 Å². The largest absolute Gasteiger partial charge is 0.480 e. The van der Waals surface area contributed by atoms with E-state index in [1.807, 2.05) is 0 Å². The third-order valence-corrected chi connectivity index (χ3v) is 6.81. The Kier molecular flexibility index (Phi) is 29.4. The molecule has 0 radical (unpaired) electrons. The zero-order chi connectivity index (χ0) is 26.6. The molecule has 0 aromatic heterocycles. The number of unbranched alkanes of at least 4 members (excludes halogenated alkanes) is 15. The lowest BCUT2D eigenvalue weighted by Crippen LogP contribution is -2.29. The summed E-state index contributed by atoms with van der Waals surface area (Å²) in [4.78, 5) is 19.8. The lowest BCUT2D eigenvalue weighted by atomic mass is 10.1. The van der Waals surface area contributed by atoms with Gasteiger partial charge in [-0.05, 0) is 32.2 Å². The van der Waals surface area contributed by atoms with Crippen LogP contribution in [-0.4, -0.2) is 41.8 Å². The lowest BCUT2D eigenvalue weighted by Gasteiger charge is -2.12. The second-order valence-electron chi connectivity index (χ2n) is 9.31. The zero-order valence-corrected chi connectivity index (χ0v) is 23.7. The van der Waals surface area contributed by atoms with E-state index < -0.39 is 19.8 Å². The molecular formula is C26H57N2O6P. The maximum atomic E-state index is 11.7. The normalized spacial score (nSPS) is 12.3. The predicted octanol–water partition coefficient (Wildman–Crippen LogP) is 6.93. The van der Waals surface area contributed by atoms with Gasteiger partial charge in [-0.3, -0.25) is 13.8 Å². The fraction of sp³-hybridized carbons (Fsp3) is 0.962. The van der Waals surface area contributed by atoms with Crippen molar-refractivity contribution in [2.24, 2.45) is 11.5 Å². The van der Waals surface area contributed by atoms with Crippen molar-refractivity contribution in [1.29, 1.82) is 0 Å². The first kappa shape index (κ1) is 36.7. The molecule has 0 amide bonds. The van der Waals surface area contributed by atoms with E-state index in [9.17, 15) is 14.3 Å². The summed E-state index contributed by atoms with van der Waals surface area (Å²) in [6.45, 7) is 5.69. The molecule has 8 nitrogen and oxygen atoms in total. The molecule has 0 rings (SSSR count). The van der Waals surface area contributed by atoms with Crippen molar-refractivity contribution in [3.8, 4) is 0 Å². The number of phosphoric ester groups is 1. The van der Waals surface area contributed by atoms with Crippen LogP contribution in [0.2, 0.25) is 0 Å². The first-order valence-corrected chi connectivity index (χ1v) is 15.6. The van der Waals surface area contributed by atoms with E-state index >= 15 is 0 Å². The van der Waals surface area contributed by atoms with Crippen molar-refractivity contribution in [3.63, 3.8) is 0 Å². The smallest absolute Gasteiger partial charge is 0.472 e. The van der Waals surface area contributed by atoms with E-state index in [1.54, 1.807) is 0 Å². The highest BCUT2D eigenvalue weighted by atomic mass is 31.2. The number of hydrogen-bond acceptors (Lipinski definition) is 6. The Bertz CT molecular complexity index is 470. The number of hydrogen-bond donors (Lipinski definition) is 4. The van der Waals surface area contributed by atoms with Crippen LogP contribution >= 0.6 is 7.82 Å². The van der Waals surface area contributed by atoms with Crippen molar-refractivity contribution >= 4 is 13.8 Å². The molecule has 0 bridgehead atoms. The minimum atomic E-state index is -3.83. The first-order valence-electron chi connectivity index (χ1n) is 14.1. The average molecular weight is 525 g/mol. The van der Waals surface area contributed by atoms with Gasteiger partial charge in [-0.25, -0.2) is 4.57 Å². The highest BCUT2D eigenvalue weighted by Crippen LogP contribution is 2.43. The summed E-state index contributed by atoms with van der Waals surface area (Å²) < 4.78 is 21.8.